The van der Waals surface area contributed by atoms with E-state index in [4.69, 9.17) is 0 Å². The molecule has 2 aromatic rings. The molecule has 2 heterocycles. The topological polar surface area (TPSA) is 79.4 Å². The molecule has 6 heteroatoms. The molecule has 0 radical (unpaired) electrons. The number of hydrogen-bond acceptors (Lipinski definition) is 5. The van der Waals surface area contributed by atoms with Gasteiger partial charge in [0.15, 0.2) is 11.6 Å². The summed E-state index contributed by atoms with van der Waals surface area (Å²) in [4.78, 5) is 12.9. The van der Waals surface area contributed by atoms with E-state index >= 15 is 0 Å². The minimum Gasteiger partial charge on any atom is -0.373 e. The summed E-state index contributed by atoms with van der Waals surface area (Å²) in [7, 11) is 1.85. The maximum absolute atomic E-state index is 4.41. The molecule has 0 saturated heterocycles. The van der Waals surface area contributed by atoms with Gasteiger partial charge in [0.05, 0.1) is 0 Å². The highest BCUT2D eigenvalue weighted by Crippen LogP contribution is 2.19. The van der Waals surface area contributed by atoms with Gasteiger partial charge >= 0.3 is 0 Å². The summed E-state index contributed by atoms with van der Waals surface area (Å²) in [6.45, 7) is 4.06. The lowest BCUT2D eigenvalue weighted by Crippen LogP contribution is -2.05. The van der Waals surface area contributed by atoms with Crippen molar-refractivity contribution in [1.29, 1.82) is 0 Å². The van der Waals surface area contributed by atoms with E-state index in [-0.39, 0.29) is 0 Å². The summed E-state index contributed by atoms with van der Waals surface area (Å²) in [5.41, 5.74) is 2.10. The Morgan fingerprint density at radius 2 is 2.19 bits per heavy atom. The Balaban J connectivity index is 2.54. The maximum Gasteiger partial charge on any atom is 0.199 e. The molecule has 0 aromatic carbocycles. The van der Waals surface area contributed by atoms with E-state index in [1.165, 1.54) is 6.33 Å². The van der Waals surface area contributed by atoms with Crippen LogP contribution in [0.2, 0.25) is 0 Å². The SMILES string of the molecule is CCc1c(C)nc(-c2ncn[nH]2)nc1NC. The zero-order valence-electron chi connectivity index (χ0n) is 9.57. The smallest absolute Gasteiger partial charge is 0.199 e. The lowest BCUT2D eigenvalue weighted by atomic mass is 10.1. The number of nitrogens with one attached hydrogen (secondary N) is 2. The number of hydrogen-bond donors (Lipinski definition) is 2. The average molecular weight is 218 g/mol. The summed E-state index contributed by atoms with van der Waals surface area (Å²) in [5.74, 6) is 2.00. The first-order valence-corrected chi connectivity index (χ1v) is 5.17. The first-order chi connectivity index (χ1) is 7.76. The quantitative estimate of drug-likeness (QED) is 0.808. The molecule has 0 bridgehead atoms. The molecule has 0 saturated carbocycles. The fraction of sp³-hybridized carbons (Fsp3) is 0.400. The Hall–Kier alpha value is -1.98. The van der Waals surface area contributed by atoms with E-state index in [0.717, 1.165) is 23.5 Å². The van der Waals surface area contributed by atoms with Crippen molar-refractivity contribution in [3.05, 3.63) is 17.6 Å². The molecule has 2 rings (SSSR count). The first-order valence-electron chi connectivity index (χ1n) is 5.17. The molecular weight excluding hydrogens is 204 g/mol. The molecule has 2 N–H and O–H groups in total. The van der Waals surface area contributed by atoms with E-state index in [1.807, 2.05) is 14.0 Å². The predicted molar refractivity (Wildman–Crippen MR) is 61.1 cm³/mol. The van der Waals surface area contributed by atoms with Gasteiger partial charge in [-0.25, -0.2) is 15.0 Å². The van der Waals surface area contributed by atoms with E-state index in [0.29, 0.717) is 11.6 Å². The third kappa shape index (κ3) is 1.73. The third-order valence-electron chi connectivity index (χ3n) is 2.43. The molecule has 0 atom stereocenters. The molecule has 0 aliphatic heterocycles. The van der Waals surface area contributed by atoms with Crippen molar-refractivity contribution in [2.24, 2.45) is 0 Å². The molecule has 84 valence electrons. The van der Waals surface area contributed by atoms with Crippen LogP contribution >= 0.6 is 0 Å². The van der Waals surface area contributed by atoms with Gasteiger partial charge in [0.2, 0.25) is 0 Å². The van der Waals surface area contributed by atoms with Crippen LogP contribution < -0.4 is 5.32 Å². The molecule has 2 aromatic heterocycles. The minimum atomic E-state index is 0.566. The number of anilines is 1. The van der Waals surface area contributed by atoms with Crippen LogP contribution in [0.1, 0.15) is 18.2 Å². The van der Waals surface area contributed by atoms with Crippen molar-refractivity contribution in [2.75, 3.05) is 12.4 Å². The summed E-state index contributed by atoms with van der Waals surface area (Å²) in [6, 6.07) is 0. The van der Waals surface area contributed by atoms with Crippen LogP contribution in [0.4, 0.5) is 5.82 Å². The van der Waals surface area contributed by atoms with Gasteiger partial charge in [-0.1, -0.05) is 6.92 Å². The largest absolute Gasteiger partial charge is 0.373 e. The predicted octanol–water partition coefficient (Wildman–Crippen LogP) is 1.17. The molecule has 0 unspecified atom stereocenters. The van der Waals surface area contributed by atoms with Crippen LogP contribution in [0.15, 0.2) is 6.33 Å². The Morgan fingerprint density at radius 3 is 2.75 bits per heavy atom. The van der Waals surface area contributed by atoms with E-state index in [9.17, 15) is 0 Å². The van der Waals surface area contributed by atoms with Crippen molar-refractivity contribution in [3.8, 4) is 11.6 Å². The third-order valence-corrected chi connectivity index (χ3v) is 2.43. The summed E-state index contributed by atoms with van der Waals surface area (Å²) < 4.78 is 0. The summed E-state index contributed by atoms with van der Waals surface area (Å²) in [5, 5.41) is 9.62. The van der Waals surface area contributed by atoms with Gasteiger partial charge in [-0.05, 0) is 13.3 Å². The second-order valence-electron chi connectivity index (χ2n) is 3.40. The Bertz CT molecular complexity index is 476. The molecule has 0 aliphatic rings. The van der Waals surface area contributed by atoms with E-state index in [2.05, 4.69) is 37.4 Å². The fourth-order valence-electron chi connectivity index (χ4n) is 1.65. The van der Waals surface area contributed by atoms with Crippen molar-refractivity contribution < 1.29 is 0 Å². The number of aryl methyl sites for hydroxylation is 1. The summed E-state index contributed by atoms with van der Waals surface area (Å²) >= 11 is 0. The number of H-pyrrole nitrogens is 1. The van der Waals surface area contributed by atoms with Crippen molar-refractivity contribution in [1.82, 2.24) is 25.1 Å². The number of rotatable bonds is 3. The highest BCUT2D eigenvalue weighted by Gasteiger charge is 2.11. The Labute approximate surface area is 93.6 Å². The monoisotopic (exact) mass is 218 g/mol. The first kappa shape index (κ1) is 10.5. The second-order valence-corrected chi connectivity index (χ2v) is 3.40. The van der Waals surface area contributed by atoms with Gasteiger partial charge in [-0.3, -0.25) is 5.10 Å². The Kier molecular flexibility index (Phi) is 2.80. The molecule has 16 heavy (non-hydrogen) atoms. The van der Waals surface area contributed by atoms with Crippen LogP contribution in [0, 0.1) is 6.92 Å². The lowest BCUT2D eigenvalue weighted by Gasteiger charge is -2.10. The average Bonchev–Trinajstić information content (AvgIpc) is 2.81. The van der Waals surface area contributed by atoms with Crippen LogP contribution in [0.5, 0.6) is 0 Å². The van der Waals surface area contributed by atoms with Gasteiger partial charge in [0.25, 0.3) is 0 Å². The number of aromatic nitrogens is 5. The van der Waals surface area contributed by atoms with Gasteiger partial charge < -0.3 is 5.32 Å². The van der Waals surface area contributed by atoms with E-state index < -0.39 is 0 Å². The highest BCUT2D eigenvalue weighted by molar-refractivity contribution is 5.53. The van der Waals surface area contributed by atoms with Gasteiger partial charge in [0, 0.05) is 18.3 Å². The normalized spacial score (nSPS) is 10.4. The molecule has 0 spiro atoms. The van der Waals surface area contributed by atoms with Crippen molar-refractivity contribution in [3.63, 3.8) is 0 Å². The number of aromatic amines is 1. The maximum atomic E-state index is 4.41. The molecular formula is C10H14N6. The molecule has 0 fully saturated rings. The van der Waals surface area contributed by atoms with Crippen LogP contribution in [-0.4, -0.2) is 32.2 Å². The highest BCUT2D eigenvalue weighted by atomic mass is 15.2. The van der Waals surface area contributed by atoms with Gasteiger partial charge in [-0.15, -0.1) is 0 Å². The fourth-order valence-corrected chi connectivity index (χ4v) is 1.65. The zero-order chi connectivity index (χ0) is 11.5. The van der Waals surface area contributed by atoms with Crippen molar-refractivity contribution in [2.45, 2.75) is 20.3 Å². The van der Waals surface area contributed by atoms with Crippen LogP contribution in [-0.2, 0) is 6.42 Å². The lowest BCUT2D eigenvalue weighted by molar-refractivity contribution is 0.983. The van der Waals surface area contributed by atoms with Crippen molar-refractivity contribution >= 4 is 5.82 Å². The van der Waals surface area contributed by atoms with E-state index in [1.54, 1.807) is 0 Å². The zero-order valence-corrected chi connectivity index (χ0v) is 9.57. The molecule has 0 aliphatic carbocycles. The number of nitrogens with zero attached hydrogens (tertiary/aromatic N) is 4. The minimum absolute atomic E-state index is 0.566. The second kappa shape index (κ2) is 4.26. The standard InChI is InChI=1S/C10H14N6/c1-4-7-6(2)14-10(15-8(7)11-3)9-12-5-13-16-9/h5H,4H2,1-3H3,(H,11,14,15)(H,12,13,16). The van der Waals surface area contributed by atoms with Gasteiger partial charge in [-0.2, -0.15) is 5.10 Å². The summed E-state index contributed by atoms with van der Waals surface area (Å²) in [6.07, 6.45) is 2.35. The molecule has 6 nitrogen and oxygen atoms in total. The Morgan fingerprint density at radius 1 is 1.38 bits per heavy atom. The van der Waals surface area contributed by atoms with Gasteiger partial charge in [0.1, 0.15) is 12.1 Å². The molecule has 0 amide bonds. The van der Waals surface area contributed by atoms with Crippen LogP contribution in [0.25, 0.3) is 11.6 Å². The van der Waals surface area contributed by atoms with Crippen LogP contribution in [0.3, 0.4) is 0 Å².